The third kappa shape index (κ3) is 6.43. The molecule has 5 aromatic carbocycles. The van der Waals surface area contributed by atoms with Gasteiger partial charge in [-0.2, -0.15) is 0 Å². The lowest BCUT2D eigenvalue weighted by Gasteiger charge is -2.15. The van der Waals surface area contributed by atoms with Crippen molar-refractivity contribution in [2.75, 3.05) is 0 Å². The molecule has 3 heteroatoms. The summed E-state index contributed by atoms with van der Waals surface area (Å²) >= 11 is 0. The molecular weight excluding hydrogens is 571 g/mol. The molecule has 7 rings (SSSR count). The first kappa shape index (κ1) is 29.8. The standard InChI is InChI=1S/C44H35N3/c1-4-14-39-30(2)15-11-23-40(39)37-26-36(34-21-13-22-35(25-34)41-24-12-16-31(3)45-41)27-38(28-37)44-46-42(32-17-7-5-8-18-32)29-43(47-44)33-19-9-6-10-20-33/h4-29H,1-3H3/b14-4-. The summed E-state index contributed by atoms with van der Waals surface area (Å²) < 4.78 is 0. The number of allylic oxidation sites excluding steroid dienone is 1. The predicted octanol–water partition coefficient (Wildman–Crippen LogP) is 11.5. The highest BCUT2D eigenvalue weighted by atomic mass is 14.9. The van der Waals surface area contributed by atoms with Gasteiger partial charge in [-0.25, -0.2) is 9.97 Å². The Balaban J connectivity index is 1.47. The van der Waals surface area contributed by atoms with Crippen LogP contribution in [0.4, 0.5) is 0 Å². The van der Waals surface area contributed by atoms with E-state index in [-0.39, 0.29) is 0 Å². The van der Waals surface area contributed by atoms with Gasteiger partial charge in [-0.3, -0.25) is 4.98 Å². The second-order valence-corrected chi connectivity index (χ2v) is 11.8. The van der Waals surface area contributed by atoms with E-state index in [0.29, 0.717) is 5.82 Å². The van der Waals surface area contributed by atoms with Gasteiger partial charge in [-0.05, 0) is 96.6 Å². The first-order valence-electron chi connectivity index (χ1n) is 16.0. The largest absolute Gasteiger partial charge is 0.253 e. The zero-order chi connectivity index (χ0) is 32.2. The zero-order valence-corrected chi connectivity index (χ0v) is 26.9. The van der Waals surface area contributed by atoms with E-state index in [1.165, 1.54) is 16.7 Å². The summed E-state index contributed by atoms with van der Waals surface area (Å²) in [6.45, 7) is 6.26. The summed E-state index contributed by atoms with van der Waals surface area (Å²) in [6, 6.07) is 50.8. The van der Waals surface area contributed by atoms with Gasteiger partial charge >= 0.3 is 0 Å². The van der Waals surface area contributed by atoms with E-state index in [9.17, 15) is 0 Å². The van der Waals surface area contributed by atoms with Gasteiger partial charge < -0.3 is 0 Å². The molecule has 2 aromatic heterocycles. The molecule has 2 heterocycles. The fourth-order valence-corrected chi connectivity index (χ4v) is 6.05. The predicted molar refractivity (Wildman–Crippen MR) is 197 cm³/mol. The van der Waals surface area contributed by atoms with Crippen LogP contribution in [0.3, 0.4) is 0 Å². The van der Waals surface area contributed by atoms with Crippen LogP contribution in [0.25, 0.3) is 73.5 Å². The minimum atomic E-state index is 0.685. The molecule has 0 N–H and O–H groups in total. The molecule has 0 atom stereocenters. The molecule has 0 saturated carbocycles. The molecule has 0 amide bonds. The molecule has 3 nitrogen and oxygen atoms in total. The Bertz CT molecular complexity index is 2160. The Labute approximate surface area is 277 Å². The van der Waals surface area contributed by atoms with Crippen LogP contribution in [0.1, 0.15) is 23.7 Å². The molecule has 0 fully saturated rings. The van der Waals surface area contributed by atoms with Gasteiger partial charge in [0.25, 0.3) is 0 Å². The third-order valence-corrected chi connectivity index (χ3v) is 8.40. The number of nitrogens with zero attached hydrogens (tertiary/aromatic N) is 3. The van der Waals surface area contributed by atoms with E-state index < -0.39 is 0 Å². The average Bonchev–Trinajstić information content (AvgIpc) is 3.13. The fourth-order valence-electron chi connectivity index (χ4n) is 6.05. The first-order chi connectivity index (χ1) is 23.1. The maximum atomic E-state index is 5.19. The number of benzene rings is 5. The van der Waals surface area contributed by atoms with Crippen molar-refractivity contribution in [1.82, 2.24) is 15.0 Å². The van der Waals surface area contributed by atoms with Crippen LogP contribution in [0.15, 0.2) is 152 Å². The summed E-state index contributed by atoms with van der Waals surface area (Å²) in [7, 11) is 0. The summed E-state index contributed by atoms with van der Waals surface area (Å²) in [4.78, 5) is 15.2. The second kappa shape index (κ2) is 13.2. The fraction of sp³-hybridized carbons (Fsp3) is 0.0682. The van der Waals surface area contributed by atoms with Crippen molar-refractivity contribution in [3.63, 3.8) is 0 Å². The van der Waals surface area contributed by atoms with Gasteiger partial charge in [0.15, 0.2) is 5.82 Å². The van der Waals surface area contributed by atoms with Crippen molar-refractivity contribution >= 4 is 6.08 Å². The minimum absolute atomic E-state index is 0.685. The number of aryl methyl sites for hydroxylation is 2. The van der Waals surface area contributed by atoms with Crippen LogP contribution >= 0.6 is 0 Å². The molecule has 0 bridgehead atoms. The molecule has 0 aliphatic heterocycles. The van der Waals surface area contributed by atoms with E-state index >= 15 is 0 Å². The van der Waals surface area contributed by atoms with E-state index in [4.69, 9.17) is 15.0 Å². The molecule has 0 spiro atoms. The highest BCUT2D eigenvalue weighted by Crippen LogP contribution is 2.37. The van der Waals surface area contributed by atoms with Crippen LogP contribution in [-0.4, -0.2) is 15.0 Å². The van der Waals surface area contributed by atoms with Gasteiger partial charge in [0.05, 0.1) is 17.1 Å². The molecule has 0 aliphatic rings. The lowest BCUT2D eigenvalue weighted by Crippen LogP contribution is -1.97. The second-order valence-electron chi connectivity index (χ2n) is 11.8. The van der Waals surface area contributed by atoms with E-state index in [1.807, 2.05) is 25.1 Å². The summed E-state index contributed by atoms with van der Waals surface area (Å²) in [5.41, 5.74) is 14.8. The van der Waals surface area contributed by atoms with Gasteiger partial charge in [0.1, 0.15) is 0 Å². The Morgan fingerprint density at radius 2 is 1.00 bits per heavy atom. The molecule has 0 unspecified atom stereocenters. The Kier molecular flexibility index (Phi) is 8.36. The van der Waals surface area contributed by atoms with Gasteiger partial charge in [0, 0.05) is 27.9 Å². The summed E-state index contributed by atoms with van der Waals surface area (Å²) in [6.07, 6.45) is 4.30. The van der Waals surface area contributed by atoms with Crippen molar-refractivity contribution in [3.8, 4) is 67.4 Å². The Morgan fingerprint density at radius 1 is 0.426 bits per heavy atom. The highest BCUT2D eigenvalue weighted by molar-refractivity contribution is 5.85. The number of hydrogen-bond acceptors (Lipinski definition) is 3. The summed E-state index contributed by atoms with van der Waals surface area (Å²) in [5.74, 6) is 0.685. The number of pyridine rings is 1. The molecule has 0 aliphatic carbocycles. The minimum Gasteiger partial charge on any atom is -0.253 e. The SMILES string of the molecule is C/C=C\c1c(C)cccc1-c1cc(-c2cccc(-c3cccc(C)n3)c2)cc(-c2nc(-c3ccccc3)cc(-c3ccccc3)n2)c1. The topological polar surface area (TPSA) is 38.7 Å². The van der Waals surface area contributed by atoms with Crippen LogP contribution in [-0.2, 0) is 0 Å². The van der Waals surface area contributed by atoms with Crippen molar-refractivity contribution in [1.29, 1.82) is 0 Å². The lowest BCUT2D eigenvalue weighted by atomic mass is 9.91. The number of rotatable bonds is 7. The molecule has 226 valence electrons. The molecule has 0 saturated heterocycles. The first-order valence-corrected chi connectivity index (χ1v) is 16.0. The Hall–Kier alpha value is -5.93. The lowest BCUT2D eigenvalue weighted by molar-refractivity contribution is 1.18. The smallest absolute Gasteiger partial charge is 0.160 e. The van der Waals surface area contributed by atoms with Crippen molar-refractivity contribution < 1.29 is 0 Å². The van der Waals surface area contributed by atoms with Gasteiger partial charge in [-0.15, -0.1) is 0 Å². The number of aromatic nitrogens is 3. The zero-order valence-electron chi connectivity index (χ0n) is 26.9. The normalized spacial score (nSPS) is 11.2. The Morgan fingerprint density at radius 3 is 1.68 bits per heavy atom. The van der Waals surface area contributed by atoms with Crippen LogP contribution in [0.2, 0.25) is 0 Å². The molecule has 0 radical (unpaired) electrons. The monoisotopic (exact) mass is 605 g/mol. The van der Waals surface area contributed by atoms with Crippen molar-refractivity contribution in [3.05, 3.63) is 168 Å². The van der Waals surface area contributed by atoms with Gasteiger partial charge in [0.2, 0.25) is 0 Å². The summed E-state index contributed by atoms with van der Waals surface area (Å²) in [5, 5.41) is 0. The van der Waals surface area contributed by atoms with Crippen molar-refractivity contribution in [2.45, 2.75) is 20.8 Å². The molecule has 47 heavy (non-hydrogen) atoms. The molecular formula is C44H35N3. The van der Waals surface area contributed by atoms with Crippen LogP contribution < -0.4 is 0 Å². The number of hydrogen-bond donors (Lipinski definition) is 0. The van der Waals surface area contributed by atoms with Crippen LogP contribution in [0.5, 0.6) is 0 Å². The molecule has 7 aromatic rings. The maximum Gasteiger partial charge on any atom is 0.160 e. The van der Waals surface area contributed by atoms with E-state index in [1.54, 1.807) is 0 Å². The van der Waals surface area contributed by atoms with Crippen molar-refractivity contribution in [2.24, 2.45) is 0 Å². The van der Waals surface area contributed by atoms with Gasteiger partial charge in [-0.1, -0.05) is 115 Å². The van der Waals surface area contributed by atoms with E-state index in [2.05, 4.69) is 153 Å². The maximum absolute atomic E-state index is 5.19. The third-order valence-electron chi connectivity index (χ3n) is 8.40. The van der Waals surface area contributed by atoms with Crippen LogP contribution in [0, 0.1) is 13.8 Å². The quantitative estimate of drug-likeness (QED) is 0.181. The average molecular weight is 606 g/mol. The highest BCUT2D eigenvalue weighted by Gasteiger charge is 2.15. The van der Waals surface area contributed by atoms with E-state index in [0.717, 1.165) is 61.7 Å².